The zero-order chi connectivity index (χ0) is 8.20. The molecule has 68 valence electrons. The average molecular weight is 271 g/mol. The quantitative estimate of drug-likeness (QED) is 0.401. The van der Waals surface area contributed by atoms with E-state index in [1.807, 2.05) is 13.2 Å². The van der Waals surface area contributed by atoms with E-state index < -0.39 is 0 Å². The fourth-order valence-corrected chi connectivity index (χ4v) is 0.619. The molecule has 0 saturated carbocycles. The van der Waals surface area contributed by atoms with E-state index >= 15 is 0 Å². The maximum Gasteiger partial charge on any atom is 0.0469 e. The van der Waals surface area contributed by atoms with Gasteiger partial charge in [-0.2, -0.15) is 0 Å². The SMILES string of the molecule is CN/C=C(\NN)C(C)(C)C.I. The molecule has 0 aliphatic heterocycles. The van der Waals surface area contributed by atoms with Crippen molar-refractivity contribution in [2.75, 3.05) is 7.05 Å². The van der Waals surface area contributed by atoms with Crippen LogP contribution in [-0.2, 0) is 0 Å². The van der Waals surface area contributed by atoms with Gasteiger partial charge in [-0.3, -0.25) is 5.84 Å². The molecular weight excluding hydrogens is 253 g/mol. The number of nitrogens with one attached hydrogen (secondary N) is 2. The monoisotopic (exact) mass is 271 g/mol. The Labute approximate surface area is 85.8 Å². The normalized spacial score (nSPS) is 11.9. The highest BCUT2D eigenvalue weighted by Crippen LogP contribution is 2.20. The number of nitrogens with two attached hydrogens (primary N) is 1. The van der Waals surface area contributed by atoms with Crippen molar-refractivity contribution in [1.29, 1.82) is 0 Å². The lowest BCUT2D eigenvalue weighted by Gasteiger charge is -2.21. The molecule has 0 radical (unpaired) electrons. The van der Waals surface area contributed by atoms with Crippen LogP contribution in [0.3, 0.4) is 0 Å². The van der Waals surface area contributed by atoms with Crippen molar-refractivity contribution in [1.82, 2.24) is 10.7 Å². The van der Waals surface area contributed by atoms with E-state index in [4.69, 9.17) is 5.84 Å². The molecule has 0 aromatic rings. The highest BCUT2D eigenvalue weighted by Gasteiger charge is 2.14. The summed E-state index contributed by atoms with van der Waals surface area (Å²) >= 11 is 0. The Morgan fingerprint density at radius 2 is 1.82 bits per heavy atom. The lowest BCUT2D eigenvalue weighted by atomic mass is 9.93. The molecule has 0 aliphatic rings. The molecule has 4 heteroatoms. The number of hydrazine groups is 1. The van der Waals surface area contributed by atoms with Crippen LogP contribution in [0.5, 0.6) is 0 Å². The summed E-state index contributed by atoms with van der Waals surface area (Å²) in [6.45, 7) is 6.28. The third kappa shape index (κ3) is 5.32. The number of halogens is 1. The second-order valence-corrected chi connectivity index (χ2v) is 3.24. The lowest BCUT2D eigenvalue weighted by Crippen LogP contribution is -2.31. The smallest absolute Gasteiger partial charge is 0.0469 e. The van der Waals surface area contributed by atoms with Crippen LogP contribution in [0.1, 0.15) is 20.8 Å². The van der Waals surface area contributed by atoms with Crippen molar-refractivity contribution in [3.05, 3.63) is 11.9 Å². The first-order chi connectivity index (χ1) is 4.52. The lowest BCUT2D eigenvalue weighted by molar-refractivity contribution is 0.460. The maximum atomic E-state index is 5.29. The van der Waals surface area contributed by atoms with E-state index in [-0.39, 0.29) is 29.4 Å². The molecule has 0 aromatic carbocycles. The van der Waals surface area contributed by atoms with Crippen LogP contribution in [0.2, 0.25) is 0 Å². The van der Waals surface area contributed by atoms with E-state index in [9.17, 15) is 0 Å². The summed E-state index contributed by atoms with van der Waals surface area (Å²) < 4.78 is 0. The van der Waals surface area contributed by atoms with Gasteiger partial charge in [0.25, 0.3) is 0 Å². The molecule has 0 saturated heterocycles. The summed E-state index contributed by atoms with van der Waals surface area (Å²) in [5.74, 6) is 5.29. The van der Waals surface area contributed by atoms with Gasteiger partial charge in [0.1, 0.15) is 0 Å². The van der Waals surface area contributed by atoms with E-state index in [0.29, 0.717) is 0 Å². The Hall–Kier alpha value is 0.0300. The van der Waals surface area contributed by atoms with Gasteiger partial charge in [0.05, 0.1) is 0 Å². The van der Waals surface area contributed by atoms with Crippen LogP contribution in [0.15, 0.2) is 11.9 Å². The molecule has 0 aliphatic carbocycles. The number of hydrogen-bond acceptors (Lipinski definition) is 3. The fourth-order valence-electron chi connectivity index (χ4n) is 0.619. The summed E-state index contributed by atoms with van der Waals surface area (Å²) in [6, 6.07) is 0. The number of allylic oxidation sites excluding steroid dienone is 1. The first-order valence-corrected chi connectivity index (χ1v) is 3.37. The summed E-state index contributed by atoms with van der Waals surface area (Å²) in [5.41, 5.74) is 3.72. The first-order valence-electron chi connectivity index (χ1n) is 3.37. The average Bonchev–Trinajstić information content (AvgIpc) is 1.80. The molecule has 11 heavy (non-hydrogen) atoms. The molecule has 0 aromatic heterocycles. The standard InChI is InChI=1S/C7H17N3.HI/c1-7(2,3)6(10-8)5-9-4;/h5,9-10H,8H2,1-4H3;1H/b6-5-;. The zero-order valence-corrected chi connectivity index (χ0v) is 9.89. The van der Waals surface area contributed by atoms with Crippen molar-refractivity contribution in [3.63, 3.8) is 0 Å². The largest absolute Gasteiger partial charge is 0.393 e. The highest BCUT2D eigenvalue weighted by molar-refractivity contribution is 14.0. The maximum absolute atomic E-state index is 5.29. The van der Waals surface area contributed by atoms with Gasteiger partial charge in [-0.05, 0) is 0 Å². The van der Waals surface area contributed by atoms with Gasteiger partial charge in [-0.1, -0.05) is 20.8 Å². The molecule has 0 unspecified atom stereocenters. The van der Waals surface area contributed by atoms with Crippen molar-refractivity contribution in [2.45, 2.75) is 20.8 Å². The molecule has 0 spiro atoms. The highest BCUT2D eigenvalue weighted by atomic mass is 127. The Kier molecular flexibility index (Phi) is 6.99. The molecule has 0 atom stereocenters. The zero-order valence-electron chi connectivity index (χ0n) is 7.56. The minimum atomic E-state index is 0. The van der Waals surface area contributed by atoms with E-state index in [1.165, 1.54) is 0 Å². The van der Waals surface area contributed by atoms with Gasteiger partial charge in [0, 0.05) is 24.4 Å². The van der Waals surface area contributed by atoms with Crippen LogP contribution >= 0.6 is 24.0 Å². The molecule has 4 N–H and O–H groups in total. The second-order valence-electron chi connectivity index (χ2n) is 3.24. The van der Waals surface area contributed by atoms with Crippen molar-refractivity contribution in [3.8, 4) is 0 Å². The van der Waals surface area contributed by atoms with Gasteiger partial charge in [0.2, 0.25) is 0 Å². The summed E-state index contributed by atoms with van der Waals surface area (Å²) in [5, 5.41) is 2.92. The third-order valence-corrected chi connectivity index (χ3v) is 1.25. The van der Waals surface area contributed by atoms with E-state index in [1.54, 1.807) is 0 Å². The van der Waals surface area contributed by atoms with Crippen LogP contribution in [0.4, 0.5) is 0 Å². The van der Waals surface area contributed by atoms with Crippen LogP contribution in [-0.4, -0.2) is 7.05 Å². The van der Waals surface area contributed by atoms with E-state index in [0.717, 1.165) is 5.70 Å². The van der Waals surface area contributed by atoms with E-state index in [2.05, 4.69) is 31.5 Å². The number of rotatable bonds is 2. The van der Waals surface area contributed by atoms with Gasteiger partial charge in [-0.25, -0.2) is 0 Å². The van der Waals surface area contributed by atoms with Crippen LogP contribution in [0, 0.1) is 5.41 Å². The molecular formula is C7H18IN3. The van der Waals surface area contributed by atoms with Gasteiger partial charge in [0.15, 0.2) is 0 Å². The van der Waals surface area contributed by atoms with Gasteiger partial charge < -0.3 is 10.7 Å². The molecule has 0 heterocycles. The Balaban J connectivity index is 0. The second kappa shape index (κ2) is 5.65. The van der Waals surface area contributed by atoms with Crippen molar-refractivity contribution in [2.24, 2.45) is 11.3 Å². The van der Waals surface area contributed by atoms with Gasteiger partial charge >= 0.3 is 0 Å². The van der Waals surface area contributed by atoms with Crippen LogP contribution < -0.4 is 16.6 Å². The fraction of sp³-hybridized carbons (Fsp3) is 0.714. The topological polar surface area (TPSA) is 50.1 Å². The molecule has 0 rings (SSSR count). The van der Waals surface area contributed by atoms with Gasteiger partial charge in [-0.15, -0.1) is 24.0 Å². The molecule has 0 bridgehead atoms. The molecule has 0 fully saturated rings. The summed E-state index contributed by atoms with van der Waals surface area (Å²) in [6.07, 6.45) is 1.86. The van der Waals surface area contributed by atoms with Crippen molar-refractivity contribution < 1.29 is 0 Å². The first kappa shape index (κ1) is 13.6. The minimum Gasteiger partial charge on any atom is -0.393 e. The molecule has 3 nitrogen and oxygen atoms in total. The Bertz CT molecular complexity index is 126. The number of hydrogen-bond donors (Lipinski definition) is 3. The Morgan fingerprint density at radius 3 is 1.91 bits per heavy atom. The molecule has 0 amide bonds. The summed E-state index contributed by atoms with van der Waals surface area (Å²) in [7, 11) is 1.85. The predicted molar refractivity (Wildman–Crippen MR) is 59.3 cm³/mol. The summed E-state index contributed by atoms with van der Waals surface area (Å²) in [4.78, 5) is 0. The minimum absolute atomic E-state index is 0. The van der Waals surface area contributed by atoms with Crippen LogP contribution in [0.25, 0.3) is 0 Å². The predicted octanol–water partition coefficient (Wildman–Crippen LogP) is 1.17. The third-order valence-electron chi connectivity index (χ3n) is 1.25. The van der Waals surface area contributed by atoms with Crippen molar-refractivity contribution >= 4 is 24.0 Å². The Morgan fingerprint density at radius 1 is 1.36 bits per heavy atom.